The molecule has 1 N–H and O–H groups in total. The van der Waals surface area contributed by atoms with Crippen LogP contribution < -0.4 is 0 Å². The number of hydrogen-bond donors (Lipinski definition) is 1. The maximum absolute atomic E-state index is 10.4. The van der Waals surface area contributed by atoms with Gasteiger partial charge in [0, 0.05) is 5.39 Å². The Morgan fingerprint density at radius 3 is 2.87 bits per heavy atom. The highest BCUT2D eigenvalue weighted by Crippen LogP contribution is 2.23. The Morgan fingerprint density at radius 2 is 2.20 bits per heavy atom. The van der Waals surface area contributed by atoms with Gasteiger partial charge in [0.05, 0.1) is 18.5 Å². The van der Waals surface area contributed by atoms with Gasteiger partial charge in [-0.2, -0.15) is 5.10 Å². The van der Waals surface area contributed by atoms with Crippen LogP contribution in [0.25, 0.3) is 10.9 Å². The van der Waals surface area contributed by atoms with Crippen molar-refractivity contribution in [2.24, 2.45) is 0 Å². The zero-order chi connectivity index (χ0) is 10.8. The third-order valence-corrected chi connectivity index (χ3v) is 2.96. The van der Waals surface area contributed by atoms with Crippen LogP contribution in [0.2, 0.25) is 0 Å². The lowest BCUT2D eigenvalue weighted by atomic mass is 10.3. The second kappa shape index (κ2) is 4.02. The molecule has 0 bridgehead atoms. The van der Waals surface area contributed by atoms with E-state index >= 15 is 0 Å². The summed E-state index contributed by atoms with van der Waals surface area (Å²) in [5.74, 6) is -0.818. The summed E-state index contributed by atoms with van der Waals surface area (Å²) in [6.07, 6.45) is 0.0760. The van der Waals surface area contributed by atoms with Crippen LogP contribution in [-0.4, -0.2) is 20.9 Å². The van der Waals surface area contributed by atoms with Gasteiger partial charge in [-0.15, -0.1) is 0 Å². The third kappa shape index (κ3) is 2.02. The summed E-state index contributed by atoms with van der Waals surface area (Å²) in [6, 6.07) is 7.68. The lowest BCUT2D eigenvalue weighted by Gasteiger charge is -1.99. The van der Waals surface area contributed by atoms with E-state index in [0.29, 0.717) is 6.54 Å². The summed E-state index contributed by atoms with van der Waals surface area (Å²) in [5, 5.41) is 13.9. The maximum Gasteiger partial charge on any atom is 0.305 e. The van der Waals surface area contributed by atoms with Gasteiger partial charge in [0.2, 0.25) is 0 Å². The molecule has 2 aromatic rings. The van der Waals surface area contributed by atoms with E-state index in [2.05, 4.69) is 21.0 Å². The van der Waals surface area contributed by atoms with Gasteiger partial charge in [-0.05, 0) is 22.0 Å². The third-order valence-electron chi connectivity index (χ3n) is 2.12. The minimum Gasteiger partial charge on any atom is -0.481 e. The Bertz CT molecular complexity index is 507. The van der Waals surface area contributed by atoms with Crippen LogP contribution in [0.1, 0.15) is 6.42 Å². The van der Waals surface area contributed by atoms with Gasteiger partial charge in [-0.3, -0.25) is 9.48 Å². The first-order valence-electron chi connectivity index (χ1n) is 4.51. The molecule has 0 radical (unpaired) electrons. The van der Waals surface area contributed by atoms with Crippen molar-refractivity contribution in [1.29, 1.82) is 0 Å². The smallest absolute Gasteiger partial charge is 0.305 e. The first-order chi connectivity index (χ1) is 7.18. The number of carboxylic acids is 1. The number of halogens is 1. The summed E-state index contributed by atoms with van der Waals surface area (Å²) in [6.45, 7) is 0.380. The number of aryl methyl sites for hydroxylation is 1. The highest BCUT2D eigenvalue weighted by atomic mass is 79.9. The van der Waals surface area contributed by atoms with E-state index in [1.165, 1.54) is 0 Å². The quantitative estimate of drug-likeness (QED) is 0.929. The van der Waals surface area contributed by atoms with Gasteiger partial charge < -0.3 is 5.11 Å². The monoisotopic (exact) mass is 268 g/mol. The number of rotatable bonds is 3. The fourth-order valence-electron chi connectivity index (χ4n) is 1.40. The molecule has 0 aliphatic heterocycles. The first-order valence-corrected chi connectivity index (χ1v) is 5.30. The molecule has 4 nitrogen and oxygen atoms in total. The van der Waals surface area contributed by atoms with Crippen molar-refractivity contribution >= 4 is 32.8 Å². The van der Waals surface area contributed by atoms with Crippen molar-refractivity contribution in [3.63, 3.8) is 0 Å². The van der Waals surface area contributed by atoms with Crippen LogP contribution in [0.3, 0.4) is 0 Å². The molecular formula is C10H9BrN2O2. The highest BCUT2D eigenvalue weighted by Gasteiger charge is 2.08. The van der Waals surface area contributed by atoms with Crippen LogP contribution in [0.5, 0.6) is 0 Å². The fraction of sp³-hybridized carbons (Fsp3) is 0.200. The van der Waals surface area contributed by atoms with Crippen molar-refractivity contribution in [1.82, 2.24) is 9.78 Å². The van der Waals surface area contributed by atoms with Crippen LogP contribution in [0.15, 0.2) is 28.9 Å². The molecule has 1 heterocycles. The highest BCUT2D eigenvalue weighted by molar-refractivity contribution is 9.10. The van der Waals surface area contributed by atoms with Crippen LogP contribution >= 0.6 is 15.9 Å². The van der Waals surface area contributed by atoms with Crippen molar-refractivity contribution < 1.29 is 9.90 Å². The molecule has 0 unspecified atom stereocenters. The van der Waals surface area contributed by atoms with Crippen LogP contribution in [0, 0.1) is 0 Å². The van der Waals surface area contributed by atoms with Crippen molar-refractivity contribution in [3.05, 3.63) is 28.9 Å². The topological polar surface area (TPSA) is 55.1 Å². The molecule has 2 rings (SSSR count). The second-order valence-corrected chi connectivity index (χ2v) is 3.93. The zero-order valence-electron chi connectivity index (χ0n) is 7.85. The maximum atomic E-state index is 10.4. The molecule has 5 heteroatoms. The molecule has 1 aromatic heterocycles. The van der Waals surface area contributed by atoms with Gasteiger partial charge in [-0.1, -0.05) is 18.2 Å². The Kier molecular flexibility index (Phi) is 2.73. The standard InChI is InChI=1S/C10H9BrN2O2/c11-10-7-3-1-2-4-8(7)12-13(10)6-5-9(14)15/h1-4H,5-6H2,(H,14,15). The Labute approximate surface area is 94.6 Å². The molecule has 1 aromatic carbocycles. The number of fused-ring (bicyclic) bond motifs is 1. The normalized spacial score (nSPS) is 10.7. The lowest BCUT2D eigenvalue weighted by molar-refractivity contribution is -0.137. The number of carbonyl (C=O) groups is 1. The molecule has 0 fully saturated rings. The zero-order valence-corrected chi connectivity index (χ0v) is 9.44. The minimum absolute atomic E-state index is 0.0760. The molecule has 15 heavy (non-hydrogen) atoms. The van der Waals surface area contributed by atoms with Crippen molar-refractivity contribution in [3.8, 4) is 0 Å². The molecule has 0 atom stereocenters. The summed E-state index contributed by atoms with van der Waals surface area (Å²) >= 11 is 3.41. The Morgan fingerprint density at radius 1 is 1.47 bits per heavy atom. The van der Waals surface area contributed by atoms with Gasteiger partial charge in [0.1, 0.15) is 4.60 Å². The molecule has 0 aliphatic carbocycles. The molecular weight excluding hydrogens is 260 g/mol. The van der Waals surface area contributed by atoms with Gasteiger partial charge in [-0.25, -0.2) is 0 Å². The number of benzene rings is 1. The molecule has 0 saturated carbocycles. The fourth-order valence-corrected chi connectivity index (χ4v) is 1.99. The number of aromatic nitrogens is 2. The molecule has 0 amide bonds. The molecule has 0 spiro atoms. The van der Waals surface area contributed by atoms with Gasteiger partial charge in [0.25, 0.3) is 0 Å². The van der Waals surface area contributed by atoms with Crippen LogP contribution in [0.4, 0.5) is 0 Å². The number of nitrogens with zero attached hydrogens (tertiary/aromatic N) is 2. The van der Waals surface area contributed by atoms with E-state index in [0.717, 1.165) is 15.5 Å². The average molecular weight is 269 g/mol. The van der Waals surface area contributed by atoms with E-state index in [9.17, 15) is 4.79 Å². The first kappa shape index (κ1) is 10.2. The second-order valence-electron chi connectivity index (χ2n) is 3.17. The SMILES string of the molecule is O=C(O)CCn1nc2ccccc2c1Br. The Hall–Kier alpha value is -1.36. The van der Waals surface area contributed by atoms with E-state index in [1.807, 2.05) is 24.3 Å². The van der Waals surface area contributed by atoms with Crippen LogP contribution in [-0.2, 0) is 11.3 Å². The number of aliphatic carboxylic acids is 1. The van der Waals surface area contributed by atoms with Crippen molar-refractivity contribution in [2.75, 3.05) is 0 Å². The molecule has 0 aliphatic rings. The van der Waals surface area contributed by atoms with Gasteiger partial charge in [0.15, 0.2) is 0 Å². The van der Waals surface area contributed by atoms with E-state index in [4.69, 9.17) is 5.11 Å². The van der Waals surface area contributed by atoms with E-state index in [-0.39, 0.29) is 6.42 Å². The summed E-state index contributed by atoms with van der Waals surface area (Å²) in [5.41, 5.74) is 0.870. The van der Waals surface area contributed by atoms with Gasteiger partial charge >= 0.3 is 5.97 Å². The predicted octanol–water partition coefficient (Wildman–Crippen LogP) is 2.27. The predicted molar refractivity (Wildman–Crippen MR) is 59.7 cm³/mol. The molecule has 78 valence electrons. The average Bonchev–Trinajstić information content (AvgIpc) is 2.54. The van der Waals surface area contributed by atoms with E-state index in [1.54, 1.807) is 4.68 Å². The van der Waals surface area contributed by atoms with E-state index < -0.39 is 5.97 Å². The summed E-state index contributed by atoms with van der Waals surface area (Å²) in [4.78, 5) is 10.4. The summed E-state index contributed by atoms with van der Waals surface area (Å²) in [7, 11) is 0. The number of carboxylic acid groups (broad SMARTS) is 1. The summed E-state index contributed by atoms with van der Waals surface area (Å²) < 4.78 is 2.50. The number of hydrogen-bond acceptors (Lipinski definition) is 2. The molecule has 0 saturated heterocycles. The minimum atomic E-state index is -0.818. The largest absolute Gasteiger partial charge is 0.481 e. The Balaban J connectivity index is 2.36. The lowest BCUT2D eigenvalue weighted by Crippen LogP contribution is -2.05. The van der Waals surface area contributed by atoms with Crippen molar-refractivity contribution in [2.45, 2.75) is 13.0 Å².